The highest BCUT2D eigenvalue weighted by atomic mass is 35.5. The molecule has 1 N–H and O–H groups in total. The molecule has 0 aliphatic rings. The molecule has 4 heteroatoms. The van der Waals surface area contributed by atoms with Crippen LogP contribution in [0.25, 0.3) is 0 Å². The van der Waals surface area contributed by atoms with Crippen molar-refractivity contribution in [3.63, 3.8) is 0 Å². The van der Waals surface area contributed by atoms with Crippen LogP contribution in [0.3, 0.4) is 0 Å². The van der Waals surface area contributed by atoms with Crippen molar-refractivity contribution in [2.75, 3.05) is 6.54 Å². The Morgan fingerprint density at radius 3 is 2.75 bits per heavy atom. The molecule has 0 aliphatic carbocycles. The Morgan fingerprint density at radius 2 is 2.19 bits per heavy atom. The molecule has 0 aromatic carbocycles. The summed E-state index contributed by atoms with van der Waals surface area (Å²) >= 11 is 5.77. The van der Waals surface area contributed by atoms with Gasteiger partial charge in [0.15, 0.2) is 5.22 Å². The van der Waals surface area contributed by atoms with Crippen LogP contribution in [0.2, 0.25) is 5.22 Å². The van der Waals surface area contributed by atoms with Gasteiger partial charge in [0.25, 0.3) is 0 Å². The molecule has 0 saturated carbocycles. The number of hydrogen-bond donors (Lipinski definition) is 1. The summed E-state index contributed by atoms with van der Waals surface area (Å²) in [6.45, 7) is 3.00. The fourth-order valence-electron chi connectivity index (χ4n) is 1.57. The van der Waals surface area contributed by atoms with Gasteiger partial charge in [0, 0.05) is 0 Å². The van der Waals surface area contributed by atoms with E-state index in [1.807, 2.05) is 18.2 Å². The normalized spacial score (nSPS) is 12.9. The number of furan rings is 2. The van der Waals surface area contributed by atoms with Crippen LogP contribution in [-0.2, 0) is 0 Å². The van der Waals surface area contributed by atoms with Crippen molar-refractivity contribution in [2.24, 2.45) is 0 Å². The van der Waals surface area contributed by atoms with Crippen LogP contribution in [0, 0.1) is 0 Å². The lowest BCUT2D eigenvalue weighted by Gasteiger charge is -2.13. The SMILES string of the molecule is CCCNC(c1ccco1)c1ccc(Cl)o1. The molecule has 2 aromatic heterocycles. The van der Waals surface area contributed by atoms with E-state index in [9.17, 15) is 0 Å². The van der Waals surface area contributed by atoms with Gasteiger partial charge in [-0.05, 0) is 48.8 Å². The van der Waals surface area contributed by atoms with Gasteiger partial charge in [0.1, 0.15) is 17.6 Å². The molecule has 0 fully saturated rings. The number of halogens is 1. The lowest BCUT2D eigenvalue weighted by molar-refractivity contribution is 0.389. The Labute approximate surface area is 99.4 Å². The van der Waals surface area contributed by atoms with E-state index in [1.54, 1.807) is 12.3 Å². The minimum absolute atomic E-state index is 0.0672. The van der Waals surface area contributed by atoms with Crippen LogP contribution in [-0.4, -0.2) is 6.54 Å². The van der Waals surface area contributed by atoms with Crippen molar-refractivity contribution in [1.29, 1.82) is 0 Å². The summed E-state index contributed by atoms with van der Waals surface area (Å²) in [4.78, 5) is 0. The summed E-state index contributed by atoms with van der Waals surface area (Å²) in [7, 11) is 0. The second-order valence-corrected chi connectivity index (χ2v) is 3.92. The first-order chi connectivity index (χ1) is 7.81. The Bertz CT molecular complexity index is 422. The fourth-order valence-corrected chi connectivity index (χ4v) is 1.72. The minimum atomic E-state index is -0.0672. The zero-order valence-corrected chi connectivity index (χ0v) is 9.83. The van der Waals surface area contributed by atoms with Gasteiger partial charge >= 0.3 is 0 Å². The van der Waals surface area contributed by atoms with Crippen molar-refractivity contribution < 1.29 is 8.83 Å². The van der Waals surface area contributed by atoms with Gasteiger partial charge in [0.2, 0.25) is 0 Å². The van der Waals surface area contributed by atoms with E-state index in [0.29, 0.717) is 5.22 Å². The summed E-state index contributed by atoms with van der Waals surface area (Å²) < 4.78 is 10.8. The van der Waals surface area contributed by atoms with Crippen molar-refractivity contribution >= 4 is 11.6 Å². The molecule has 3 nitrogen and oxygen atoms in total. The summed E-state index contributed by atoms with van der Waals surface area (Å²) in [6.07, 6.45) is 2.70. The first-order valence-electron chi connectivity index (χ1n) is 5.33. The van der Waals surface area contributed by atoms with Gasteiger partial charge in [-0.2, -0.15) is 0 Å². The van der Waals surface area contributed by atoms with Crippen molar-refractivity contribution in [3.8, 4) is 0 Å². The molecule has 0 spiro atoms. The summed E-state index contributed by atoms with van der Waals surface area (Å²) in [5.41, 5.74) is 0. The zero-order chi connectivity index (χ0) is 11.4. The van der Waals surface area contributed by atoms with Crippen LogP contribution in [0.5, 0.6) is 0 Å². The highest BCUT2D eigenvalue weighted by Crippen LogP contribution is 2.26. The van der Waals surface area contributed by atoms with E-state index in [0.717, 1.165) is 24.5 Å². The van der Waals surface area contributed by atoms with Crippen LogP contribution < -0.4 is 5.32 Å². The summed E-state index contributed by atoms with van der Waals surface area (Å²) in [5, 5.41) is 3.75. The summed E-state index contributed by atoms with van der Waals surface area (Å²) in [5.74, 6) is 1.60. The highest BCUT2D eigenvalue weighted by molar-refractivity contribution is 6.28. The van der Waals surface area contributed by atoms with E-state index in [1.165, 1.54) is 0 Å². The molecule has 2 heterocycles. The van der Waals surface area contributed by atoms with E-state index in [-0.39, 0.29) is 6.04 Å². The molecule has 0 aliphatic heterocycles. The molecule has 16 heavy (non-hydrogen) atoms. The number of rotatable bonds is 5. The summed E-state index contributed by atoms with van der Waals surface area (Å²) in [6, 6.07) is 7.31. The quantitative estimate of drug-likeness (QED) is 0.866. The second kappa shape index (κ2) is 5.23. The van der Waals surface area contributed by atoms with E-state index < -0.39 is 0 Å². The monoisotopic (exact) mass is 239 g/mol. The average Bonchev–Trinajstić information content (AvgIpc) is 2.91. The molecular weight excluding hydrogens is 226 g/mol. The van der Waals surface area contributed by atoms with Gasteiger partial charge < -0.3 is 14.2 Å². The third-order valence-electron chi connectivity index (χ3n) is 2.30. The smallest absolute Gasteiger partial charge is 0.193 e. The number of nitrogens with one attached hydrogen (secondary N) is 1. The topological polar surface area (TPSA) is 38.3 Å². The van der Waals surface area contributed by atoms with E-state index in [2.05, 4.69) is 12.2 Å². The molecule has 86 valence electrons. The molecule has 0 radical (unpaired) electrons. The molecule has 1 atom stereocenters. The van der Waals surface area contributed by atoms with Gasteiger partial charge in [-0.1, -0.05) is 6.92 Å². The van der Waals surface area contributed by atoms with Crippen LogP contribution >= 0.6 is 11.6 Å². The Morgan fingerprint density at radius 1 is 1.31 bits per heavy atom. The van der Waals surface area contributed by atoms with Gasteiger partial charge in [-0.25, -0.2) is 0 Å². The fraction of sp³-hybridized carbons (Fsp3) is 0.333. The predicted octanol–water partition coefficient (Wildman–Crippen LogP) is 3.62. The molecule has 2 rings (SSSR count). The van der Waals surface area contributed by atoms with Crippen molar-refractivity contribution in [3.05, 3.63) is 47.3 Å². The van der Waals surface area contributed by atoms with Crippen LogP contribution in [0.4, 0.5) is 0 Å². The van der Waals surface area contributed by atoms with Crippen molar-refractivity contribution in [2.45, 2.75) is 19.4 Å². The molecule has 2 aromatic rings. The molecule has 0 amide bonds. The zero-order valence-electron chi connectivity index (χ0n) is 9.07. The largest absolute Gasteiger partial charge is 0.467 e. The van der Waals surface area contributed by atoms with Crippen molar-refractivity contribution in [1.82, 2.24) is 5.32 Å². The molecular formula is C12H14ClNO2. The third-order valence-corrected chi connectivity index (χ3v) is 2.51. The van der Waals surface area contributed by atoms with E-state index in [4.69, 9.17) is 20.4 Å². The number of hydrogen-bond acceptors (Lipinski definition) is 3. The minimum Gasteiger partial charge on any atom is -0.467 e. The molecule has 0 saturated heterocycles. The maximum absolute atomic E-state index is 5.77. The Balaban J connectivity index is 2.21. The maximum atomic E-state index is 5.77. The molecule has 0 bridgehead atoms. The van der Waals surface area contributed by atoms with E-state index >= 15 is 0 Å². The third kappa shape index (κ3) is 2.49. The first kappa shape index (κ1) is 11.3. The first-order valence-corrected chi connectivity index (χ1v) is 5.71. The average molecular weight is 240 g/mol. The Kier molecular flexibility index (Phi) is 3.70. The molecule has 1 unspecified atom stereocenters. The van der Waals surface area contributed by atoms with Gasteiger partial charge in [-0.15, -0.1) is 0 Å². The van der Waals surface area contributed by atoms with Crippen LogP contribution in [0.1, 0.15) is 30.9 Å². The van der Waals surface area contributed by atoms with Gasteiger partial charge in [-0.3, -0.25) is 0 Å². The maximum Gasteiger partial charge on any atom is 0.193 e. The Hall–Kier alpha value is -1.19. The lowest BCUT2D eigenvalue weighted by Crippen LogP contribution is -2.22. The standard InChI is InChI=1S/C12H14ClNO2/c1-2-7-14-12(9-4-3-8-15-9)10-5-6-11(13)16-10/h3-6,8,12,14H,2,7H2,1H3. The van der Waals surface area contributed by atoms with Gasteiger partial charge in [0.05, 0.1) is 6.26 Å². The highest BCUT2D eigenvalue weighted by Gasteiger charge is 2.19. The lowest BCUT2D eigenvalue weighted by atomic mass is 10.1. The van der Waals surface area contributed by atoms with Crippen LogP contribution in [0.15, 0.2) is 39.4 Å². The predicted molar refractivity (Wildman–Crippen MR) is 62.6 cm³/mol. The second-order valence-electron chi connectivity index (χ2n) is 3.54.